The Morgan fingerprint density at radius 2 is 1.00 bits per heavy atom. The van der Waals surface area contributed by atoms with Crippen LogP contribution in [-0.2, 0) is 6.42 Å². The lowest BCUT2D eigenvalue weighted by Crippen LogP contribution is -1.87. The summed E-state index contributed by atoms with van der Waals surface area (Å²) in [5.41, 5.74) is 1.44. The fourth-order valence-electron chi connectivity index (χ4n) is 2.93. The molecule has 126 valence electrons. The normalized spacial score (nSPS) is 11.0. The maximum atomic E-state index is 3.56. The van der Waals surface area contributed by atoms with Crippen LogP contribution in [0.25, 0.3) is 0 Å². The fourth-order valence-corrected chi connectivity index (χ4v) is 4.31. The zero-order valence-electron chi connectivity index (χ0n) is 14.2. The topological polar surface area (TPSA) is 0 Å². The molecule has 0 aromatic heterocycles. The monoisotopic (exact) mass is 430 g/mol. The van der Waals surface area contributed by atoms with Crippen molar-refractivity contribution in [2.45, 2.75) is 90.4 Å². The quantitative estimate of drug-likeness (QED) is 0.274. The van der Waals surface area contributed by atoms with E-state index in [2.05, 4.69) is 57.0 Å². The van der Waals surface area contributed by atoms with Gasteiger partial charge in [0.2, 0.25) is 0 Å². The predicted molar refractivity (Wildman–Crippen MR) is 107 cm³/mol. The van der Waals surface area contributed by atoms with Crippen LogP contribution in [0.15, 0.2) is 27.1 Å². The van der Waals surface area contributed by atoms with E-state index in [-0.39, 0.29) is 0 Å². The second kappa shape index (κ2) is 13.6. The molecule has 22 heavy (non-hydrogen) atoms. The highest BCUT2D eigenvalue weighted by Gasteiger charge is 1.98. The van der Waals surface area contributed by atoms with E-state index in [4.69, 9.17) is 0 Å². The molecule has 0 saturated carbocycles. The third kappa shape index (κ3) is 10.8. The molecule has 0 nitrogen and oxygen atoms in total. The van der Waals surface area contributed by atoms with Crippen LogP contribution in [0, 0.1) is 0 Å². The van der Waals surface area contributed by atoms with Crippen LogP contribution in [0.1, 0.15) is 89.5 Å². The summed E-state index contributed by atoms with van der Waals surface area (Å²) in [6.45, 7) is 2.29. The molecule has 0 fully saturated rings. The highest BCUT2D eigenvalue weighted by atomic mass is 79.9. The average Bonchev–Trinajstić information content (AvgIpc) is 2.47. The van der Waals surface area contributed by atoms with E-state index >= 15 is 0 Å². The molecule has 0 heterocycles. The Morgan fingerprint density at radius 1 is 0.591 bits per heavy atom. The van der Waals surface area contributed by atoms with Gasteiger partial charge in [-0.15, -0.1) is 0 Å². The van der Waals surface area contributed by atoms with E-state index in [0.29, 0.717) is 0 Å². The summed E-state index contributed by atoms with van der Waals surface area (Å²) >= 11 is 7.12. The molecule has 1 aromatic rings. The standard InChI is InChI=1S/C20H32Br2/c1-2-3-4-5-6-7-8-9-10-11-12-13-14-18-15-19(21)17-20(22)16-18/h15-17H,2-14H2,1H3. The van der Waals surface area contributed by atoms with E-state index < -0.39 is 0 Å². The lowest BCUT2D eigenvalue weighted by Gasteiger charge is -2.04. The third-order valence-electron chi connectivity index (χ3n) is 4.24. The Labute approximate surface area is 154 Å². The Balaban J connectivity index is 1.89. The van der Waals surface area contributed by atoms with Gasteiger partial charge in [-0.1, -0.05) is 109 Å². The first-order valence-electron chi connectivity index (χ1n) is 9.17. The van der Waals surface area contributed by atoms with Crippen molar-refractivity contribution in [3.05, 3.63) is 32.7 Å². The molecular weight excluding hydrogens is 400 g/mol. The summed E-state index contributed by atoms with van der Waals surface area (Å²) < 4.78 is 2.35. The first-order valence-corrected chi connectivity index (χ1v) is 10.8. The van der Waals surface area contributed by atoms with Gasteiger partial charge in [0.15, 0.2) is 0 Å². The molecule has 0 spiro atoms. The first-order chi connectivity index (χ1) is 10.7. The molecule has 1 aromatic carbocycles. The lowest BCUT2D eigenvalue weighted by molar-refractivity contribution is 0.544. The average molecular weight is 432 g/mol. The maximum Gasteiger partial charge on any atom is 0.0189 e. The molecule has 1 rings (SSSR count). The van der Waals surface area contributed by atoms with Gasteiger partial charge in [-0.2, -0.15) is 0 Å². The van der Waals surface area contributed by atoms with Crippen LogP contribution in [0.5, 0.6) is 0 Å². The number of halogens is 2. The van der Waals surface area contributed by atoms with Crippen molar-refractivity contribution in [3.8, 4) is 0 Å². The third-order valence-corrected chi connectivity index (χ3v) is 5.16. The Morgan fingerprint density at radius 3 is 1.45 bits per heavy atom. The number of aryl methyl sites for hydroxylation is 1. The fraction of sp³-hybridized carbons (Fsp3) is 0.700. The van der Waals surface area contributed by atoms with Crippen molar-refractivity contribution in [1.29, 1.82) is 0 Å². The molecule has 0 unspecified atom stereocenters. The number of benzene rings is 1. The van der Waals surface area contributed by atoms with E-state index in [0.717, 1.165) is 0 Å². The number of unbranched alkanes of at least 4 members (excludes halogenated alkanes) is 11. The zero-order chi connectivity index (χ0) is 16.0. The van der Waals surface area contributed by atoms with E-state index in [9.17, 15) is 0 Å². The van der Waals surface area contributed by atoms with Gasteiger partial charge in [-0.3, -0.25) is 0 Å². The molecule has 0 saturated heterocycles. The molecule has 0 atom stereocenters. The summed E-state index contributed by atoms with van der Waals surface area (Å²) in [6, 6.07) is 6.58. The molecule has 2 heteroatoms. The van der Waals surface area contributed by atoms with Gasteiger partial charge in [0, 0.05) is 8.95 Å². The van der Waals surface area contributed by atoms with Crippen molar-refractivity contribution in [3.63, 3.8) is 0 Å². The SMILES string of the molecule is CCCCCCCCCCCCCCc1cc(Br)cc(Br)c1. The molecule has 0 aliphatic heterocycles. The summed E-state index contributed by atoms with van der Waals surface area (Å²) in [7, 11) is 0. The van der Waals surface area contributed by atoms with Crippen LogP contribution < -0.4 is 0 Å². The minimum atomic E-state index is 1.18. The summed E-state index contributed by atoms with van der Waals surface area (Å²) in [5.74, 6) is 0. The number of hydrogen-bond donors (Lipinski definition) is 0. The van der Waals surface area contributed by atoms with Crippen molar-refractivity contribution in [2.75, 3.05) is 0 Å². The van der Waals surface area contributed by atoms with Crippen LogP contribution in [-0.4, -0.2) is 0 Å². The molecule has 0 aliphatic carbocycles. The number of hydrogen-bond acceptors (Lipinski definition) is 0. The van der Waals surface area contributed by atoms with Crippen LogP contribution in [0.2, 0.25) is 0 Å². The Bertz CT molecular complexity index is 367. The second-order valence-electron chi connectivity index (χ2n) is 6.42. The smallest absolute Gasteiger partial charge is 0.0189 e. The minimum absolute atomic E-state index is 1.18. The van der Waals surface area contributed by atoms with Crippen LogP contribution in [0.3, 0.4) is 0 Å². The van der Waals surface area contributed by atoms with Gasteiger partial charge in [-0.25, -0.2) is 0 Å². The Kier molecular flexibility index (Phi) is 12.5. The van der Waals surface area contributed by atoms with Crippen molar-refractivity contribution in [2.24, 2.45) is 0 Å². The first kappa shape index (κ1) is 20.2. The highest BCUT2D eigenvalue weighted by molar-refractivity contribution is 9.11. The van der Waals surface area contributed by atoms with Crippen molar-refractivity contribution in [1.82, 2.24) is 0 Å². The molecule has 0 N–H and O–H groups in total. The minimum Gasteiger partial charge on any atom is -0.0654 e. The lowest BCUT2D eigenvalue weighted by atomic mass is 10.0. The molecule has 0 amide bonds. The highest BCUT2D eigenvalue weighted by Crippen LogP contribution is 2.21. The van der Waals surface area contributed by atoms with Gasteiger partial charge in [0.25, 0.3) is 0 Å². The second-order valence-corrected chi connectivity index (χ2v) is 8.25. The van der Waals surface area contributed by atoms with Gasteiger partial charge < -0.3 is 0 Å². The molecule has 0 aliphatic rings. The summed E-state index contributed by atoms with van der Waals surface area (Å²) in [5, 5.41) is 0. The van der Waals surface area contributed by atoms with Crippen molar-refractivity contribution >= 4 is 31.9 Å². The van der Waals surface area contributed by atoms with E-state index in [1.165, 1.54) is 98.0 Å². The molecule has 0 radical (unpaired) electrons. The van der Waals surface area contributed by atoms with Gasteiger partial charge in [0.1, 0.15) is 0 Å². The summed E-state index contributed by atoms with van der Waals surface area (Å²) in [6.07, 6.45) is 18.2. The maximum absolute atomic E-state index is 3.56. The van der Waals surface area contributed by atoms with Crippen LogP contribution >= 0.6 is 31.9 Å². The van der Waals surface area contributed by atoms with Gasteiger partial charge in [0.05, 0.1) is 0 Å². The molecular formula is C20H32Br2. The predicted octanol–water partition coefficient (Wildman–Crippen LogP) is 8.46. The van der Waals surface area contributed by atoms with Gasteiger partial charge in [-0.05, 0) is 36.6 Å². The van der Waals surface area contributed by atoms with E-state index in [1.54, 1.807) is 0 Å². The summed E-state index contributed by atoms with van der Waals surface area (Å²) in [4.78, 5) is 0. The molecule has 0 bridgehead atoms. The van der Waals surface area contributed by atoms with Gasteiger partial charge >= 0.3 is 0 Å². The largest absolute Gasteiger partial charge is 0.0654 e. The Hall–Kier alpha value is 0.180. The van der Waals surface area contributed by atoms with Crippen LogP contribution in [0.4, 0.5) is 0 Å². The van der Waals surface area contributed by atoms with E-state index in [1.807, 2.05) is 0 Å². The number of rotatable bonds is 13. The van der Waals surface area contributed by atoms with Crippen molar-refractivity contribution < 1.29 is 0 Å². The zero-order valence-corrected chi connectivity index (χ0v) is 17.4.